The highest BCUT2D eigenvalue weighted by Gasteiger charge is 2.30. The van der Waals surface area contributed by atoms with E-state index in [1.807, 2.05) is 13.1 Å². The number of nitrogens with zero attached hydrogens (tertiary/aromatic N) is 1. The van der Waals surface area contributed by atoms with Crippen LogP contribution in [0.25, 0.3) is 0 Å². The lowest BCUT2D eigenvalue weighted by molar-refractivity contribution is 0.0601. The Morgan fingerprint density at radius 3 is 2.52 bits per heavy atom. The van der Waals surface area contributed by atoms with Gasteiger partial charge in [0.15, 0.2) is 0 Å². The Bertz CT molecular complexity index is 516. The normalized spacial score (nSPS) is 18.3. The minimum Gasteiger partial charge on any atom is -0.465 e. The minimum absolute atomic E-state index is 0.333. The van der Waals surface area contributed by atoms with Crippen molar-refractivity contribution in [1.82, 2.24) is 0 Å². The number of carbonyl (C=O) groups excluding carboxylic acids is 1. The first-order valence-electron chi connectivity index (χ1n) is 7.55. The van der Waals surface area contributed by atoms with E-state index in [-0.39, 0.29) is 5.97 Å². The number of benzene rings is 1. The average molecular weight is 290 g/mol. The highest BCUT2D eigenvalue weighted by atomic mass is 16.5. The Kier molecular flexibility index (Phi) is 4.45. The molecule has 116 valence electrons. The summed E-state index contributed by atoms with van der Waals surface area (Å²) in [5.74, 6) is -0.333. The number of esters is 1. The molecule has 2 rings (SSSR count). The van der Waals surface area contributed by atoms with Crippen LogP contribution in [-0.4, -0.2) is 26.2 Å². The molecule has 1 fully saturated rings. The maximum Gasteiger partial charge on any atom is 0.340 e. The summed E-state index contributed by atoms with van der Waals surface area (Å²) < 4.78 is 4.88. The number of hydrogen-bond acceptors (Lipinski definition) is 4. The Morgan fingerprint density at radius 1 is 1.33 bits per heavy atom. The molecule has 0 saturated heterocycles. The van der Waals surface area contributed by atoms with Gasteiger partial charge >= 0.3 is 5.97 Å². The quantitative estimate of drug-likeness (QED) is 0.684. The van der Waals surface area contributed by atoms with Crippen LogP contribution in [0.3, 0.4) is 0 Å². The smallest absolute Gasteiger partial charge is 0.340 e. The molecule has 4 heteroatoms. The summed E-state index contributed by atoms with van der Waals surface area (Å²) in [7, 11) is 3.43. The van der Waals surface area contributed by atoms with Crippen LogP contribution >= 0.6 is 0 Å². The molecule has 0 spiro atoms. The predicted molar refractivity (Wildman–Crippen MR) is 86.6 cm³/mol. The molecule has 0 radical (unpaired) electrons. The molecule has 0 heterocycles. The van der Waals surface area contributed by atoms with Crippen molar-refractivity contribution >= 4 is 17.3 Å². The molecular formula is C17H26N2O2. The number of hydrogen-bond donors (Lipinski definition) is 1. The van der Waals surface area contributed by atoms with E-state index in [0.717, 1.165) is 18.5 Å². The van der Waals surface area contributed by atoms with Crippen molar-refractivity contribution in [2.75, 3.05) is 24.8 Å². The summed E-state index contributed by atoms with van der Waals surface area (Å²) in [6, 6.07) is 5.83. The molecule has 1 aromatic rings. The van der Waals surface area contributed by atoms with E-state index in [4.69, 9.17) is 10.5 Å². The molecule has 21 heavy (non-hydrogen) atoms. The third kappa shape index (κ3) is 3.31. The minimum atomic E-state index is -0.333. The molecule has 1 saturated carbocycles. The van der Waals surface area contributed by atoms with Gasteiger partial charge in [-0.25, -0.2) is 4.79 Å². The van der Waals surface area contributed by atoms with E-state index in [1.54, 1.807) is 12.1 Å². The second-order valence-corrected chi connectivity index (χ2v) is 6.74. The number of anilines is 2. The van der Waals surface area contributed by atoms with Gasteiger partial charge in [0.05, 0.1) is 24.0 Å². The maximum absolute atomic E-state index is 12.0. The van der Waals surface area contributed by atoms with Crippen LogP contribution in [0.15, 0.2) is 18.2 Å². The largest absolute Gasteiger partial charge is 0.465 e. The third-order valence-electron chi connectivity index (χ3n) is 4.68. The van der Waals surface area contributed by atoms with Crippen molar-refractivity contribution < 1.29 is 9.53 Å². The molecule has 1 aliphatic carbocycles. The number of methoxy groups -OCH3 is 1. The molecule has 0 amide bonds. The zero-order valence-electron chi connectivity index (χ0n) is 13.5. The van der Waals surface area contributed by atoms with Gasteiger partial charge in [-0.2, -0.15) is 0 Å². The van der Waals surface area contributed by atoms with Crippen molar-refractivity contribution in [2.24, 2.45) is 5.41 Å². The van der Waals surface area contributed by atoms with Gasteiger partial charge in [-0.15, -0.1) is 0 Å². The topological polar surface area (TPSA) is 55.6 Å². The highest BCUT2D eigenvalue weighted by Crippen LogP contribution is 2.39. The zero-order chi connectivity index (χ0) is 15.6. The first kappa shape index (κ1) is 15.7. The first-order chi connectivity index (χ1) is 9.85. The molecule has 0 aliphatic heterocycles. The fourth-order valence-electron chi connectivity index (χ4n) is 3.18. The third-order valence-corrected chi connectivity index (χ3v) is 4.68. The number of nitrogen functional groups attached to an aromatic ring is 1. The van der Waals surface area contributed by atoms with Crippen LogP contribution < -0.4 is 10.6 Å². The van der Waals surface area contributed by atoms with E-state index in [0.29, 0.717) is 22.7 Å². The van der Waals surface area contributed by atoms with Crippen molar-refractivity contribution in [1.29, 1.82) is 0 Å². The van der Waals surface area contributed by atoms with Gasteiger partial charge in [0, 0.05) is 13.1 Å². The molecule has 0 bridgehead atoms. The molecule has 4 nitrogen and oxygen atoms in total. The van der Waals surface area contributed by atoms with Crippen LogP contribution in [0, 0.1) is 5.41 Å². The fraction of sp³-hybridized carbons (Fsp3) is 0.588. The van der Waals surface area contributed by atoms with Crippen LogP contribution in [0.5, 0.6) is 0 Å². The van der Waals surface area contributed by atoms with E-state index in [9.17, 15) is 4.79 Å². The van der Waals surface area contributed by atoms with Crippen molar-refractivity contribution in [3.63, 3.8) is 0 Å². The van der Waals surface area contributed by atoms with Crippen LogP contribution in [0.2, 0.25) is 0 Å². The summed E-state index contributed by atoms with van der Waals surface area (Å²) in [4.78, 5) is 14.1. The molecule has 0 unspecified atom stereocenters. The summed E-state index contributed by atoms with van der Waals surface area (Å²) in [5.41, 5.74) is 8.52. The van der Waals surface area contributed by atoms with Gasteiger partial charge in [-0.1, -0.05) is 19.9 Å². The Labute approximate surface area is 127 Å². The average Bonchev–Trinajstić information content (AvgIpc) is 2.45. The van der Waals surface area contributed by atoms with Crippen LogP contribution in [-0.2, 0) is 4.74 Å². The van der Waals surface area contributed by atoms with E-state index < -0.39 is 0 Å². The molecule has 0 aromatic heterocycles. The summed E-state index contributed by atoms with van der Waals surface area (Å²) >= 11 is 0. The number of carbonyl (C=O) groups is 1. The number of rotatable bonds is 3. The lowest BCUT2D eigenvalue weighted by Gasteiger charge is -2.40. The van der Waals surface area contributed by atoms with Gasteiger partial charge in [0.25, 0.3) is 0 Å². The van der Waals surface area contributed by atoms with E-state index in [1.165, 1.54) is 20.0 Å². The lowest BCUT2D eigenvalue weighted by Crippen LogP contribution is -2.38. The molecule has 0 atom stereocenters. The number of ether oxygens (including phenoxy) is 1. The Morgan fingerprint density at radius 2 is 1.95 bits per heavy atom. The standard InChI is InChI=1S/C17H26N2O2/c1-17(2)10-8-12(9-11-17)19(3)15-13(16(20)21-4)6-5-7-14(15)18/h5-7,12H,8-11,18H2,1-4H3. The number of para-hydroxylation sites is 1. The number of nitrogens with two attached hydrogens (primary N) is 1. The Balaban J connectivity index is 2.27. The van der Waals surface area contributed by atoms with Crippen molar-refractivity contribution in [3.8, 4) is 0 Å². The van der Waals surface area contributed by atoms with Gasteiger partial charge in [-0.3, -0.25) is 0 Å². The molecule has 1 aliphatic rings. The van der Waals surface area contributed by atoms with Crippen molar-refractivity contribution in [3.05, 3.63) is 23.8 Å². The molecule has 1 aromatic carbocycles. The maximum atomic E-state index is 12.0. The first-order valence-corrected chi connectivity index (χ1v) is 7.55. The van der Waals surface area contributed by atoms with Gasteiger partial charge in [0.2, 0.25) is 0 Å². The summed E-state index contributed by atoms with van der Waals surface area (Å²) in [6.07, 6.45) is 4.64. The summed E-state index contributed by atoms with van der Waals surface area (Å²) in [5, 5.41) is 0. The second kappa shape index (κ2) is 5.96. The van der Waals surface area contributed by atoms with Crippen LogP contribution in [0.1, 0.15) is 49.9 Å². The fourth-order valence-corrected chi connectivity index (χ4v) is 3.18. The predicted octanol–water partition coefficient (Wildman–Crippen LogP) is 3.46. The second-order valence-electron chi connectivity index (χ2n) is 6.74. The van der Waals surface area contributed by atoms with E-state index >= 15 is 0 Å². The molecular weight excluding hydrogens is 264 g/mol. The lowest BCUT2D eigenvalue weighted by atomic mass is 9.75. The molecule has 2 N–H and O–H groups in total. The monoisotopic (exact) mass is 290 g/mol. The van der Waals surface area contributed by atoms with Crippen molar-refractivity contribution in [2.45, 2.75) is 45.6 Å². The highest BCUT2D eigenvalue weighted by molar-refractivity contribution is 5.99. The Hall–Kier alpha value is -1.71. The van der Waals surface area contributed by atoms with Crippen LogP contribution in [0.4, 0.5) is 11.4 Å². The summed E-state index contributed by atoms with van der Waals surface area (Å²) in [6.45, 7) is 4.64. The van der Waals surface area contributed by atoms with E-state index in [2.05, 4.69) is 18.7 Å². The van der Waals surface area contributed by atoms with Gasteiger partial charge in [0.1, 0.15) is 0 Å². The van der Waals surface area contributed by atoms with Gasteiger partial charge in [-0.05, 0) is 43.2 Å². The zero-order valence-corrected chi connectivity index (χ0v) is 13.5. The SMILES string of the molecule is COC(=O)c1cccc(N)c1N(C)C1CCC(C)(C)CC1. The van der Waals surface area contributed by atoms with Gasteiger partial charge < -0.3 is 15.4 Å².